The molecule has 0 unspecified atom stereocenters. The van der Waals surface area contributed by atoms with E-state index in [0.29, 0.717) is 0 Å². The first-order chi connectivity index (χ1) is 8.97. The van der Waals surface area contributed by atoms with Gasteiger partial charge in [0.2, 0.25) is 5.88 Å². The van der Waals surface area contributed by atoms with Crippen LogP contribution < -0.4 is 4.74 Å². The van der Waals surface area contributed by atoms with Crippen molar-refractivity contribution in [3.8, 4) is 11.6 Å². The normalized spacial score (nSPS) is 10.2. The van der Waals surface area contributed by atoms with Crippen LogP contribution in [-0.2, 0) is 0 Å². The molecule has 9 heteroatoms. The molecule has 0 aromatic carbocycles. The molecule has 0 fully saturated rings. The van der Waals surface area contributed by atoms with Crippen molar-refractivity contribution in [2.75, 3.05) is 0 Å². The molecule has 98 valence electrons. The van der Waals surface area contributed by atoms with Gasteiger partial charge in [-0.3, -0.25) is 5.10 Å². The Kier molecular flexibility index (Phi) is 3.10. The molecule has 0 aliphatic carbocycles. The molecule has 0 bridgehead atoms. The second-order valence-electron chi connectivity index (χ2n) is 3.59. The number of nitrogens with zero attached hydrogens (tertiary/aromatic N) is 3. The van der Waals surface area contributed by atoms with Gasteiger partial charge in [-0.1, -0.05) is 0 Å². The summed E-state index contributed by atoms with van der Waals surface area (Å²) in [5.74, 6) is -1.89. The summed E-state index contributed by atoms with van der Waals surface area (Å²) in [6, 6.07) is 2.38. The predicted octanol–water partition coefficient (Wildman–Crippen LogP) is 1.51. The minimum Gasteiger partial charge on any atom is -0.478 e. The smallest absolute Gasteiger partial charge is 0.364 e. The van der Waals surface area contributed by atoms with E-state index in [-0.39, 0.29) is 17.2 Å². The standard InChI is InChI=1S/C10H8N4O5/c1-5-2-9(13-12-5)19-7-4-11-8(14(17)18)3-6(7)10(15)16/h2-4H,1H3,(H,12,13)(H,15,16). The Balaban J connectivity index is 2.39. The number of carboxylic acids is 1. The van der Waals surface area contributed by atoms with Crippen LogP contribution in [0, 0.1) is 17.0 Å². The topological polar surface area (TPSA) is 131 Å². The Morgan fingerprint density at radius 3 is 2.79 bits per heavy atom. The van der Waals surface area contributed by atoms with Gasteiger partial charge < -0.3 is 20.0 Å². The number of rotatable bonds is 4. The summed E-state index contributed by atoms with van der Waals surface area (Å²) in [4.78, 5) is 24.3. The molecular formula is C10H8N4O5. The van der Waals surface area contributed by atoms with Gasteiger partial charge in [0.15, 0.2) is 11.9 Å². The Hall–Kier alpha value is -2.97. The van der Waals surface area contributed by atoms with Crippen molar-refractivity contribution in [2.24, 2.45) is 0 Å². The lowest BCUT2D eigenvalue weighted by Gasteiger charge is -2.03. The van der Waals surface area contributed by atoms with Crippen molar-refractivity contribution in [3.05, 3.63) is 39.7 Å². The van der Waals surface area contributed by atoms with Crippen molar-refractivity contribution in [2.45, 2.75) is 6.92 Å². The van der Waals surface area contributed by atoms with E-state index in [9.17, 15) is 14.9 Å². The quantitative estimate of drug-likeness (QED) is 0.631. The molecular weight excluding hydrogens is 256 g/mol. The predicted molar refractivity (Wildman–Crippen MR) is 61.2 cm³/mol. The first-order valence-corrected chi connectivity index (χ1v) is 5.05. The summed E-state index contributed by atoms with van der Waals surface area (Å²) in [6.07, 6.45) is 0.978. The highest BCUT2D eigenvalue weighted by atomic mass is 16.6. The van der Waals surface area contributed by atoms with Crippen molar-refractivity contribution in [3.63, 3.8) is 0 Å². The number of ether oxygens (including phenoxy) is 1. The number of hydrogen-bond acceptors (Lipinski definition) is 6. The maximum absolute atomic E-state index is 11.0. The molecule has 0 saturated heterocycles. The lowest BCUT2D eigenvalue weighted by molar-refractivity contribution is -0.389. The van der Waals surface area contributed by atoms with Gasteiger partial charge in [0.1, 0.15) is 5.56 Å². The van der Waals surface area contributed by atoms with Crippen LogP contribution in [0.5, 0.6) is 11.6 Å². The molecule has 0 aliphatic rings. The fraction of sp³-hybridized carbons (Fsp3) is 0.100. The summed E-state index contributed by atoms with van der Waals surface area (Å²) in [7, 11) is 0. The number of aryl methyl sites for hydroxylation is 1. The third-order valence-corrected chi connectivity index (χ3v) is 2.17. The SMILES string of the molecule is Cc1cc(Oc2cnc([N+](=O)[O-])cc2C(=O)O)n[nH]1. The van der Waals surface area contributed by atoms with E-state index < -0.39 is 16.7 Å². The molecule has 0 aliphatic heterocycles. The number of nitro groups is 1. The number of H-pyrrole nitrogens is 1. The van der Waals surface area contributed by atoms with E-state index >= 15 is 0 Å². The second-order valence-corrected chi connectivity index (χ2v) is 3.59. The third-order valence-electron chi connectivity index (χ3n) is 2.17. The van der Waals surface area contributed by atoms with E-state index in [1.807, 2.05) is 0 Å². The lowest BCUT2D eigenvalue weighted by Crippen LogP contribution is -2.03. The Morgan fingerprint density at radius 1 is 1.53 bits per heavy atom. The number of carbonyl (C=O) groups is 1. The lowest BCUT2D eigenvalue weighted by atomic mass is 10.2. The zero-order valence-corrected chi connectivity index (χ0v) is 9.65. The highest BCUT2D eigenvalue weighted by Crippen LogP contribution is 2.26. The molecule has 0 radical (unpaired) electrons. The molecule has 2 heterocycles. The number of aromatic carboxylic acids is 1. The van der Waals surface area contributed by atoms with Gasteiger partial charge in [-0.25, -0.2) is 4.79 Å². The Labute approximate surface area is 106 Å². The highest BCUT2D eigenvalue weighted by Gasteiger charge is 2.20. The monoisotopic (exact) mass is 264 g/mol. The summed E-state index contributed by atoms with van der Waals surface area (Å²) >= 11 is 0. The summed E-state index contributed by atoms with van der Waals surface area (Å²) in [5.41, 5.74) is 0.365. The summed E-state index contributed by atoms with van der Waals surface area (Å²) in [5, 5.41) is 25.9. The number of carboxylic acid groups (broad SMARTS) is 1. The number of nitrogens with one attached hydrogen (secondary N) is 1. The molecule has 2 rings (SSSR count). The van der Waals surface area contributed by atoms with Crippen LogP contribution >= 0.6 is 0 Å². The minimum absolute atomic E-state index is 0.121. The number of aromatic nitrogens is 3. The molecule has 2 aromatic heterocycles. The Morgan fingerprint density at radius 2 is 2.26 bits per heavy atom. The van der Waals surface area contributed by atoms with E-state index in [0.717, 1.165) is 18.0 Å². The van der Waals surface area contributed by atoms with Crippen LogP contribution in [0.2, 0.25) is 0 Å². The maximum Gasteiger partial charge on any atom is 0.364 e. The van der Waals surface area contributed by atoms with Crippen LogP contribution in [0.3, 0.4) is 0 Å². The first kappa shape index (κ1) is 12.5. The van der Waals surface area contributed by atoms with Gasteiger partial charge >= 0.3 is 11.8 Å². The van der Waals surface area contributed by atoms with E-state index in [1.165, 1.54) is 0 Å². The van der Waals surface area contributed by atoms with E-state index in [2.05, 4.69) is 15.2 Å². The van der Waals surface area contributed by atoms with Gasteiger partial charge in [0, 0.05) is 11.8 Å². The van der Waals surface area contributed by atoms with Crippen LogP contribution in [-0.4, -0.2) is 31.2 Å². The second kappa shape index (κ2) is 4.72. The fourth-order valence-electron chi connectivity index (χ4n) is 1.34. The molecule has 0 amide bonds. The van der Waals surface area contributed by atoms with E-state index in [1.54, 1.807) is 13.0 Å². The maximum atomic E-state index is 11.0. The average Bonchev–Trinajstić information content (AvgIpc) is 2.74. The molecule has 9 nitrogen and oxygen atoms in total. The van der Waals surface area contributed by atoms with Gasteiger partial charge in [-0.15, -0.1) is 5.10 Å². The van der Waals surface area contributed by atoms with Crippen molar-refractivity contribution in [1.82, 2.24) is 15.2 Å². The summed E-state index contributed by atoms with van der Waals surface area (Å²) < 4.78 is 5.22. The number of pyridine rings is 1. The molecule has 2 aromatic rings. The Bertz CT molecular complexity index is 651. The van der Waals surface area contributed by atoms with Gasteiger partial charge in [-0.2, -0.15) is 0 Å². The van der Waals surface area contributed by atoms with Crippen LogP contribution in [0.25, 0.3) is 0 Å². The molecule has 19 heavy (non-hydrogen) atoms. The summed E-state index contributed by atoms with van der Waals surface area (Å²) in [6.45, 7) is 1.74. The van der Waals surface area contributed by atoms with Crippen molar-refractivity contribution in [1.29, 1.82) is 0 Å². The number of hydrogen-bond donors (Lipinski definition) is 2. The third kappa shape index (κ3) is 2.65. The van der Waals surface area contributed by atoms with Gasteiger partial charge in [0.05, 0.1) is 6.07 Å². The number of aromatic amines is 1. The van der Waals surface area contributed by atoms with Gasteiger partial charge in [-0.05, 0) is 16.8 Å². The van der Waals surface area contributed by atoms with Crippen LogP contribution in [0.15, 0.2) is 18.3 Å². The van der Waals surface area contributed by atoms with Crippen LogP contribution in [0.4, 0.5) is 5.82 Å². The zero-order valence-electron chi connectivity index (χ0n) is 9.65. The van der Waals surface area contributed by atoms with Crippen LogP contribution in [0.1, 0.15) is 16.1 Å². The molecule has 0 saturated carbocycles. The van der Waals surface area contributed by atoms with Crippen molar-refractivity contribution >= 4 is 11.8 Å². The van der Waals surface area contributed by atoms with Gasteiger partial charge in [0.25, 0.3) is 0 Å². The van der Waals surface area contributed by atoms with E-state index in [4.69, 9.17) is 9.84 Å². The highest BCUT2D eigenvalue weighted by molar-refractivity contribution is 5.91. The molecule has 2 N–H and O–H groups in total. The zero-order chi connectivity index (χ0) is 14.0. The minimum atomic E-state index is -1.35. The largest absolute Gasteiger partial charge is 0.478 e. The van der Waals surface area contributed by atoms with Crippen molar-refractivity contribution < 1.29 is 19.6 Å². The molecule has 0 atom stereocenters. The molecule has 0 spiro atoms. The fourth-order valence-corrected chi connectivity index (χ4v) is 1.34. The average molecular weight is 264 g/mol. The first-order valence-electron chi connectivity index (χ1n) is 5.05.